The van der Waals surface area contributed by atoms with Gasteiger partial charge in [0.2, 0.25) is 0 Å². The second kappa shape index (κ2) is 5.48. The van der Waals surface area contributed by atoms with Crippen LogP contribution < -0.4 is 5.32 Å². The minimum Gasteiger partial charge on any atom is -0.509 e. The minimum absolute atomic E-state index is 0.174. The molecule has 2 rings (SSSR count). The summed E-state index contributed by atoms with van der Waals surface area (Å²) in [5.41, 5.74) is 0. The Bertz CT molecular complexity index is 470. The molecule has 0 saturated carbocycles. The highest BCUT2D eigenvalue weighted by Crippen LogP contribution is 2.34. The number of hydrogen-bond donors (Lipinski definition) is 2. The van der Waals surface area contributed by atoms with Gasteiger partial charge in [0.1, 0.15) is 10.7 Å². The van der Waals surface area contributed by atoms with Crippen molar-refractivity contribution in [1.82, 2.24) is 5.32 Å². The predicted octanol–water partition coefficient (Wildman–Crippen LogP) is 3.09. The monoisotopic (exact) mass is 263 g/mol. The lowest BCUT2D eigenvalue weighted by atomic mass is 9.99. The highest BCUT2D eigenvalue weighted by atomic mass is 32.2. The van der Waals surface area contributed by atoms with Crippen LogP contribution in [0.2, 0.25) is 0 Å². The van der Waals surface area contributed by atoms with E-state index < -0.39 is 0 Å². The lowest BCUT2D eigenvalue weighted by molar-refractivity contribution is -0.116. The van der Waals surface area contributed by atoms with E-state index >= 15 is 0 Å². The Morgan fingerprint density at radius 3 is 2.67 bits per heavy atom. The second-order valence-corrected chi connectivity index (χ2v) is 5.55. The van der Waals surface area contributed by atoms with Crippen LogP contribution in [0.15, 0.2) is 45.9 Å². The van der Waals surface area contributed by atoms with Gasteiger partial charge in [0, 0.05) is 4.90 Å². The number of amides is 1. The molecule has 0 spiro atoms. The Labute approximate surface area is 111 Å². The molecule has 0 saturated heterocycles. The fourth-order valence-corrected chi connectivity index (χ4v) is 2.80. The first-order valence-corrected chi connectivity index (χ1v) is 6.92. The molecule has 0 aromatic heterocycles. The van der Waals surface area contributed by atoms with Crippen LogP contribution in [0.25, 0.3) is 0 Å². The summed E-state index contributed by atoms with van der Waals surface area (Å²) in [5, 5.41) is 13.0. The van der Waals surface area contributed by atoms with E-state index in [9.17, 15) is 9.90 Å². The summed E-state index contributed by atoms with van der Waals surface area (Å²) in [6, 6.07) is 9.37. The minimum atomic E-state index is -0.242. The van der Waals surface area contributed by atoms with E-state index in [-0.39, 0.29) is 23.6 Å². The molecule has 1 aliphatic rings. The topological polar surface area (TPSA) is 49.3 Å². The van der Waals surface area contributed by atoms with Crippen LogP contribution in [0.1, 0.15) is 20.3 Å². The number of benzene rings is 1. The van der Waals surface area contributed by atoms with Crippen LogP contribution in [0.3, 0.4) is 0 Å². The first-order chi connectivity index (χ1) is 8.63. The zero-order valence-electron chi connectivity index (χ0n) is 10.5. The number of hydrogen-bond acceptors (Lipinski definition) is 3. The summed E-state index contributed by atoms with van der Waals surface area (Å²) < 4.78 is 0. The van der Waals surface area contributed by atoms with Crippen molar-refractivity contribution in [3.63, 3.8) is 0 Å². The molecule has 1 aromatic rings. The number of carbonyl (C=O) groups is 1. The molecule has 1 amide bonds. The van der Waals surface area contributed by atoms with Crippen molar-refractivity contribution < 1.29 is 9.90 Å². The summed E-state index contributed by atoms with van der Waals surface area (Å²) in [6.45, 7) is 4.07. The lowest BCUT2D eigenvalue weighted by Crippen LogP contribution is -2.34. The smallest absolute Gasteiger partial charge is 0.262 e. The molecule has 1 heterocycles. The van der Waals surface area contributed by atoms with E-state index in [0.717, 1.165) is 11.3 Å². The summed E-state index contributed by atoms with van der Waals surface area (Å²) in [5.74, 6) is 0.248. The van der Waals surface area contributed by atoms with Gasteiger partial charge < -0.3 is 10.4 Å². The second-order valence-electron chi connectivity index (χ2n) is 4.47. The van der Waals surface area contributed by atoms with Gasteiger partial charge in [-0.1, -0.05) is 50.2 Å². The van der Waals surface area contributed by atoms with Crippen molar-refractivity contribution in [3.05, 3.63) is 41.0 Å². The third kappa shape index (κ3) is 2.53. The number of aliphatic hydroxyl groups is 1. The molecule has 2 N–H and O–H groups in total. The molecule has 2 atom stereocenters. The Morgan fingerprint density at radius 1 is 1.39 bits per heavy atom. The number of nitrogens with one attached hydrogen (secondary N) is 1. The van der Waals surface area contributed by atoms with E-state index in [1.807, 2.05) is 44.2 Å². The van der Waals surface area contributed by atoms with Crippen LogP contribution in [0.5, 0.6) is 0 Å². The van der Waals surface area contributed by atoms with E-state index in [4.69, 9.17) is 0 Å². The maximum absolute atomic E-state index is 11.9. The molecule has 96 valence electrons. The van der Waals surface area contributed by atoms with E-state index in [1.165, 1.54) is 11.8 Å². The zero-order valence-corrected chi connectivity index (χ0v) is 11.3. The van der Waals surface area contributed by atoms with E-state index in [1.54, 1.807) is 0 Å². The number of thioether (sulfide) groups is 1. The molecule has 2 unspecified atom stereocenters. The van der Waals surface area contributed by atoms with Crippen LogP contribution in [-0.2, 0) is 4.79 Å². The van der Waals surface area contributed by atoms with Crippen molar-refractivity contribution in [3.8, 4) is 0 Å². The SMILES string of the molecule is CCC(C)C1NC(=O)C(Sc2ccccc2)=C1O. The van der Waals surface area contributed by atoms with Gasteiger partial charge in [-0.15, -0.1) is 0 Å². The van der Waals surface area contributed by atoms with E-state index in [0.29, 0.717) is 4.91 Å². The largest absolute Gasteiger partial charge is 0.509 e. The molecule has 0 fully saturated rings. The van der Waals surface area contributed by atoms with Gasteiger partial charge in [0.05, 0.1) is 6.04 Å². The van der Waals surface area contributed by atoms with Gasteiger partial charge in [-0.25, -0.2) is 0 Å². The van der Waals surface area contributed by atoms with Crippen molar-refractivity contribution >= 4 is 17.7 Å². The van der Waals surface area contributed by atoms with Gasteiger partial charge in [0.25, 0.3) is 5.91 Å². The first kappa shape index (κ1) is 13.0. The molecule has 0 radical (unpaired) electrons. The standard InChI is InChI=1S/C14H17NO2S/c1-3-9(2)11-12(16)13(14(17)15-11)18-10-7-5-4-6-8-10/h4-9,11,16H,3H2,1-2H3,(H,15,17). The maximum atomic E-state index is 11.9. The molecule has 0 bridgehead atoms. The lowest BCUT2D eigenvalue weighted by Gasteiger charge is -2.17. The van der Waals surface area contributed by atoms with Crippen LogP contribution in [0.4, 0.5) is 0 Å². The molecule has 18 heavy (non-hydrogen) atoms. The normalized spacial score (nSPS) is 21.0. The van der Waals surface area contributed by atoms with Gasteiger partial charge >= 0.3 is 0 Å². The fraction of sp³-hybridized carbons (Fsp3) is 0.357. The van der Waals surface area contributed by atoms with Crippen molar-refractivity contribution in [2.45, 2.75) is 31.2 Å². The van der Waals surface area contributed by atoms with Gasteiger partial charge in [-0.05, 0) is 18.1 Å². The molecule has 1 aromatic carbocycles. The van der Waals surface area contributed by atoms with Crippen molar-refractivity contribution in [2.75, 3.05) is 0 Å². The molecular weight excluding hydrogens is 246 g/mol. The molecule has 0 aliphatic carbocycles. The quantitative estimate of drug-likeness (QED) is 0.877. The molecule has 1 aliphatic heterocycles. The molecule has 4 heteroatoms. The average Bonchev–Trinajstić information content (AvgIpc) is 2.67. The summed E-state index contributed by atoms with van der Waals surface area (Å²) in [7, 11) is 0. The van der Waals surface area contributed by atoms with Crippen LogP contribution in [0, 0.1) is 5.92 Å². The maximum Gasteiger partial charge on any atom is 0.262 e. The van der Waals surface area contributed by atoms with Gasteiger partial charge in [0.15, 0.2) is 0 Å². The Balaban J connectivity index is 2.21. The number of rotatable bonds is 4. The van der Waals surface area contributed by atoms with Gasteiger partial charge in [-0.2, -0.15) is 0 Å². The Hall–Kier alpha value is -1.42. The number of aliphatic hydroxyl groups excluding tert-OH is 1. The third-order valence-electron chi connectivity index (χ3n) is 3.20. The van der Waals surface area contributed by atoms with Crippen LogP contribution in [-0.4, -0.2) is 17.1 Å². The summed E-state index contributed by atoms with van der Waals surface area (Å²) in [4.78, 5) is 13.3. The highest BCUT2D eigenvalue weighted by molar-refractivity contribution is 8.04. The Kier molecular flexibility index (Phi) is 3.97. The summed E-state index contributed by atoms with van der Waals surface area (Å²) in [6.07, 6.45) is 0.915. The highest BCUT2D eigenvalue weighted by Gasteiger charge is 2.34. The van der Waals surface area contributed by atoms with Gasteiger partial charge in [-0.3, -0.25) is 4.79 Å². The summed E-state index contributed by atoms with van der Waals surface area (Å²) >= 11 is 1.32. The fourth-order valence-electron chi connectivity index (χ4n) is 1.89. The first-order valence-electron chi connectivity index (χ1n) is 6.10. The average molecular weight is 263 g/mol. The Morgan fingerprint density at radius 2 is 2.06 bits per heavy atom. The molecule has 3 nitrogen and oxygen atoms in total. The molecular formula is C14H17NO2S. The third-order valence-corrected chi connectivity index (χ3v) is 4.30. The number of carbonyl (C=O) groups excluding carboxylic acids is 1. The van der Waals surface area contributed by atoms with E-state index in [2.05, 4.69) is 5.32 Å². The van der Waals surface area contributed by atoms with Crippen LogP contribution >= 0.6 is 11.8 Å². The van der Waals surface area contributed by atoms with Crippen molar-refractivity contribution in [1.29, 1.82) is 0 Å². The zero-order chi connectivity index (χ0) is 13.1. The van der Waals surface area contributed by atoms with Crippen molar-refractivity contribution in [2.24, 2.45) is 5.92 Å². The predicted molar refractivity (Wildman–Crippen MR) is 73.3 cm³/mol.